The van der Waals surface area contributed by atoms with Crippen molar-refractivity contribution in [1.29, 1.82) is 0 Å². The molecule has 0 radical (unpaired) electrons. The summed E-state index contributed by atoms with van der Waals surface area (Å²) in [5.41, 5.74) is 0.639. The summed E-state index contributed by atoms with van der Waals surface area (Å²) in [7, 11) is 0. The van der Waals surface area contributed by atoms with Crippen molar-refractivity contribution in [2.24, 2.45) is 0 Å². The highest BCUT2D eigenvalue weighted by molar-refractivity contribution is 5.77. The van der Waals surface area contributed by atoms with E-state index >= 15 is 0 Å². The van der Waals surface area contributed by atoms with Gasteiger partial charge < -0.3 is 4.90 Å². The van der Waals surface area contributed by atoms with Crippen LogP contribution in [-0.4, -0.2) is 23.9 Å². The Morgan fingerprint density at radius 2 is 2.00 bits per heavy atom. The van der Waals surface area contributed by atoms with Crippen LogP contribution in [0.4, 0.5) is 4.39 Å². The zero-order chi connectivity index (χ0) is 12.3. The van der Waals surface area contributed by atoms with Gasteiger partial charge in [-0.2, -0.15) is 0 Å². The predicted molar refractivity (Wildman–Crippen MR) is 65.2 cm³/mol. The number of hydrogen-bond acceptors (Lipinski definition) is 1. The fraction of sp³-hybridized carbons (Fsp3) is 0.500. The fourth-order valence-corrected chi connectivity index (χ4v) is 2.34. The Morgan fingerprint density at radius 3 is 2.65 bits per heavy atom. The third-order valence-electron chi connectivity index (χ3n) is 3.38. The molecule has 1 atom stereocenters. The van der Waals surface area contributed by atoms with Gasteiger partial charge in [-0.1, -0.05) is 25.1 Å². The maximum atomic E-state index is 13.5. The Hall–Kier alpha value is -1.38. The number of amides is 1. The Labute approximate surface area is 101 Å². The lowest BCUT2D eigenvalue weighted by Gasteiger charge is -2.18. The molecule has 1 aliphatic rings. The molecular weight excluding hydrogens is 217 g/mol. The number of carbonyl (C=O) groups is 1. The van der Waals surface area contributed by atoms with Crippen LogP contribution in [0.15, 0.2) is 24.3 Å². The average molecular weight is 235 g/mol. The Bertz CT molecular complexity index is 399. The van der Waals surface area contributed by atoms with Crippen LogP contribution in [0.3, 0.4) is 0 Å². The molecule has 17 heavy (non-hydrogen) atoms. The predicted octanol–water partition coefficient (Wildman–Crippen LogP) is 2.94. The summed E-state index contributed by atoms with van der Waals surface area (Å²) < 4.78 is 13.5. The fourth-order valence-electron chi connectivity index (χ4n) is 2.34. The van der Waals surface area contributed by atoms with Crippen LogP contribution in [-0.2, 0) is 4.79 Å². The molecule has 1 saturated heterocycles. The minimum absolute atomic E-state index is 0.0516. The topological polar surface area (TPSA) is 20.3 Å². The third kappa shape index (κ3) is 2.84. The average Bonchev–Trinajstić information content (AvgIpc) is 2.82. The molecule has 1 aliphatic heterocycles. The number of carbonyl (C=O) groups excluding carboxylic acids is 1. The lowest BCUT2D eigenvalue weighted by molar-refractivity contribution is -0.130. The Kier molecular flexibility index (Phi) is 3.77. The lowest BCUT2D eigenvalue weighted by Crippen LogP contribution is -2.28. The van der Waals surface area contributed by atoms with Gasteiger partial charge in [-0.05, 0) is 30.4 Å². The second-order valence-electron chi connectivity index (χ2n) is 4.71. The van der Waals surface area contributed by atoms with Crippen LogP contribution in [0.2, 0.25) is 0 Å². The molecule has 1 aromatic carbocycles. The van der Waals surface area contributed by atoms with Crippen LogP contribution in [0.5, 0.6) is 0 Å². The molecule has 0 bridgehead atoms. The molecule has 0 spiro atoms. The highest BCUT2D eigenvalue weighted by atomic mass is 19.1. The second-order valence-corrected chi connectivity index (χ2v) is 4.71. The summed E-state index contributed by atoms with van der Waals surface area (Å²) in [4.78, 5) is 13.8. The molecule has 3 heteroatoms. The molecule has 2 nitrogen and oxygen atoms in total. The third-order valence-corrected chi connectivity index (χ3v) is 3.38. The molecule has 0 N–H and O–H groups in total. The lowest BCUT2D eigenvalue weighted by atomic mass is 9.97. The standard InChI is InChI=1S/C14H18FNO/c1-11(12-6-2-3-7-13(12)15)10-14(17)16-8-4-5-9-16/h2-3,6-7,11H,4-5,8-10H2,1H3. The summed E-state index contributed by atoms with van der Waals surface area (Å²) in [6, 6.07) is 6.70. The zero-order valence-corrected chi connectivity index (χ0v) is 10.2. The first kappa shape index (κ1) is 12.1. The quantitative estimate of drug-likeness (QED) is 0.788. The molecule has 2 rings (SSSR count). The molecule has 1 heterocycles. The maximum Gasteiger partial charge on any atom is 0.223 e. The van der Waals surface area contributed by atoms with Crippen LogP contribution in [0.25, 0.3) is 0 Å². The SMILES string of the molecule is CC(CC(=O)N1CCCC1)c1ccccc1F. The molecule has 1 unspecified atom stereocenters. The van der Waals surface area contributed by atoms with Crippen LogP contribution < -0.4 is 0 Å². The van der Waals surface area contributed by atoms with Gasteiger partial charge in [-0.25, -0.2) is 4.39 Å². The molecule has 0 aliphatic carbocycles. The van der Waals surface area contributed by atoms with Crippen LogP contribution >= 0.6 is 0 Å². The highest BCUT2D eigenvalue weighted by Gasteiger charge is 2.21. The normalized spacial score (nSPS) is 17.2. The first-order chi connectivity index (χ1) is 8.18. The van der Waals surface area contributed by atoms with Crippen molar-refractivity contribution < 1.29 is 9.18 Å². The van der Waals surface area contributed by atoms with Crippen LogP contribution in [0, 0.1) is 5.82 Å². The maximum absolute atomic E-state index is 13.5. The second kappa shape index (κ2) is 5.30. The van der Waals surface area contributed by atoms with Gasteiger partial charge in [0.1, 0.15) is 5.82 Å². The van der Waals surface area contributed by atoms with Gasteiger partial charge in [-0.3, -0.25) is 4.79 Å². The van der Waals surface area contributed by atoms with Crippen molar-refractivity contribution in [2.75, 3.05) is 13.1 Å². The number of rotatable bonds is 3. The summed E-state index contributed by atoms with van der Waals surface area (Å²) >= 11 is 0. The van der Waals surface area contributed by atoms with E-state index in [1.807, 2.05) is 17.9 Å². The van der Waals surface area contributed by atoms with Gasteiger partial charge in [-0.15, -0.1) is 0 Å². The van der Waals surface area contributed by atoms with E-state index in [2.05, 4.69) is 0 Å². The van der Waals surface area contributed by atoms with E-state index < -0.39 is 0 Å². The highest BCUT2D eigenvalue weighted by Crippen LogP contribution is 2.23. The van der Waals surface area contributed by atoms with E-state index in [0.717, 1.165) is 25.9 Å². The van der Waals surface area contributed by atoms with Crippen molar-refractivity contribution in [1.82, 2.24) is 4.90 Å². The van der Waals surface area contributed by atoms with Crippen molar-refractivity contribution in [2.45, 2.75) is 32.1 Å². The van der Waals surface area contributed by atoms with E-state index in [1.165, 1.54) is 6.07 Å². The van der Waals surface area contributed by atoms with Gasteiger partial charge in [0.25, 0.3) is 0 Å². The van der Waals surface area contributed by atoms with Crippen LogP contribution in [0.1, 0.15) is 37.7 Å². The number of halogens is 1. The molecule has 1 aromatic rings. The van der Waals surface area contributed by atoms with Crippen molar-refractivity contribution in [3.63, 3.8) is 0 Å². The molecule has 1 fully saturated rings. The zero-order valence-electron chi connectivity index (χ0n) is 10.2. The number of nitrogens with zero attached hydrogens (tertiary/aromatic N) is 1. The summed E-state index contributed by atoms with van der Waals surface area (Å²) in [5.74, 6) is -0.114. The number of likely N-dealkylation sites (tertiary alicyclic amines) is 1. The van der Waals surface area contributed by atoms with E-state index in [0.29, 0.717) is 12.0 Å². The number of hydrogen-bond donors (Lipinski definition) is 0. The Morgan fingerprint density at radius 1 is 1.35 bits per heavy atom. The summed E-state index contributed by atoms with van der Waals surface area (Å²) in [6.45, 7) is 3.64. The molecule has 0 aromatic heterocycles. The Balaban J connectivity index is 1.99. The van der Waals surface area contributed by atoms with Gasteiger partial charge in [0.2, 0.25) is 5.91 Å². The van der Waals surface area contributed by atoms with Gasteiger partial charge in [0.05, 0.1) is 0 Å². The monoisotopic (exact) mass is 235 g/mol. The van der Waals surface area contributed by atoms with E-state index in [-0.39, 0.29) is 17.6 Å². The molecule has 1 amide bonds. The molecule has 92 valence electrons. The smallest absolute Gasteiger partial charge is 0.223 e. The molecule has 0 saturated carbocycles. The van der Waals surface area contributed by atoms with E-state index in [1.54, 1.807) is 12.1 Å². The minimum Gasteiger partial charge on any atom is -0.343 e. The summed E-state index contributed by atoms with van der Waals surface area (Å²) in [5, 5.41) is 0. The first-order valence-corrected chi connectivity index (χ1v) is 6.20. The van der Waals surface area contributed by atoms with E-state index in [4.69, 9.17) is 0 Å². The van der Waals surface area contributed by atoms with Crippen molar-refractivity contribution >= 4 is 5.91 Å². The summed E-state index contributed by atoms with van der Waals surface area (Å²) in [6.07, 6.45) is 2.60. The van der Waals surface area contributed by atoms with Crippen molar-refractivity contribution in [3.05, 3.63) is 35.6 Å². The minimum atomic E-state index is -0.214. The van der Waals surface area contributed by atoms with Gasteiger partial charge in [0.15, 0.2) is 0 Å². The number of benzene rings is 1. The van der Waals surface area contributed by atoms with Crippen molar-refractivity contribution in [3.8, 4) is 0 Å². The van der Waals surface area contributed by atoms with Gasteiger partial charge in [0, 0.05) is 19.5 Å². The largest absolute Gasteiger partial charge is 0.343 e. The molecular formula is C14H18FNO. The first-order valence-electron chi connectivity index (χ1n) is 6.20. The van der Waals surface area contributed by atoms with E-state index in [9.17, 15) is 9.18 Å². The van der Waals surface area contributed by atoms with Gasteiger partial charge >= 0.3 is 0 Å².